The van der Waals surface area contributed by atoms with Gasteiger partial charge in [-0.3, -0.25) is 9.35 Å². The van der Waals surface area contributed by atoms with Crippen LogP contribution in [0.25, 0.3) is 0 Å². The monoisotopic (exact) mass is 324 g/mol. The minimum atomic E-state index is -4.56. The predicted octanol–water partition coefficient (Wildman–Crippen LogP) is 1.01. The zero-order chi connectivity index (χ0) is 16.3. The topological polar surface area (TPSA) is 121 Å². The van der Waals surface area contributed by atoms with Crippen LogP contribution in [-0.4, -0.2) is 47.3 Å². The van der Waals surface area contributed by atoms with Crippen LogP contribution in [0, 0.1) is 0 Å². The molecule has 0 aromatic carbocycles. The number of hydrogen-bond acceptors (Lipinski definition) is 6. The van der Waals surface area contributed by atoms with E-state index in [-0.39, 0.29) is 6.42 Å². The number of aliphatic hydroxyl groups excluding tert-OH is 1. The smallest absolute Gasteiger partial charge is 0.327 e. The van der Waals surface area contributed by atoms with Crippen molar-refractivity contribution in [2.75, 3.05) is 6.61 Å². The fraction of sp³-hybridized carbons (Fsp3) is 0.769. The van der Waals surface area contributed by atoms with E-state index < -0.39 is 34.2 Å². The second-order valence-corrected chi connectivity index (χ2v) is 6.35. The van der Waals surface area contributed by atoms with E-state index in [0.717, 1.165) is 32.1 Å². The molecule has 0 radical (unpaired) electrons. The molecule has 0 aliphatic rings. The zero-order valence-electron chi connectivity index (χ0n) is 12.0. The van der Waals surface area contributed by atoms with E-state index in [0.29, 0.717) is 6.42 Å². The lowest BCUT2D eigenvalue weighted by molar-refractivity contribution is -0.156. The van der Waals surface area contributed by atoms with Crippen molar-refractivity contribution in [3.63, 3.8) is 0 Å². The first kappa shape index (κ1) is 20.0. The molecule has 0 saturated heterocycles. The van der Waals surface area contributed by atoms with Crippen LogP contribution >= 0.6 is 0 Å². The maximum atomic E-state index is 11.5. The van der Waals surface area contributed by atoms with Gasteiger partial charge in [0.25, 0.3) is 10.1 Å². The molecule has 8 heteroatoms. The van der Waals surface area contributed by atoms with E-state index in [9.17, 15) is 13.2 Å². The van der Waals surface area contributed by atoms with Gasteiger partial charge >= 0.3 is 5.97 Å². The molecular weight excluding hydrogens is 300 g/mol. The van der Waals surface area contributed by atoms with Crippen LogP contribution < -0.4 is 0 Å². The lowest BCUT2D eigenvalue weighted by Crippen LogP contribution is -2.33. The zero-order valence-corrected chi connectivity index (χ0v) is 12.8. The fourth-order valence-electron chi connectivity index (χ4n) is 1.79. The number of rotatable bonds is 12. The molecule has 0 heterocycles. The van der Waals surface area contributed by atoms with Crippen molar-refractivity contribution in [3.05, 3.63) is 12.7 Å². The van der Waals surface area contributed by atoms with Crippen LogP contribution in [0.2, 0.25) is 0 Å². The molecule has 0 spiro atoms. The van der Waals surface area contributed by atoms with Gasteiger partial charge in [0.15, 0.2) is 11.5 Å². The van der Waals surface area contributed by atoms with Gasteiger partial charge in [0.1, 0.15) is 6.61 Å². The SMILES string of the molecule is C=CCCCCCCCC(C(=O)OCC(O)O)S(=O)(=O)O. The third-order valence-corrected chi connectivity index (χ3v) is 4.02. The molecule has 0 amide bonds. The third-order valence-electron chi connectivity index (χ3n) is 2.87. The third kappa shape index (κ3) is 10.4. The summed E-state index contributed by atoms with van der Waals surface area (Å²) in [5, 5.41) is 15.4. The van der Waals surface area contributed by atoms with E-state index >= 15 is 0 Å². The largest absolute Gasteiger partial charge is 0.459 e. The highest BCUT2D eigenvalue weighted by Gasteiger charge is 2.32. The van der Waals surface area contributed by atoms with Crippen LogP contribution in [0.3, 0.4) is 0 Å². The molecule has 0 bridgehead atoms. The summed E-state index contributed by atoms with van der Waals surface area (Å²) in [6.07, 6.45) is 4.93. The van der Waals surface area contributed by atoms with Crippen molar-refractivity contribution in [2.45, 2.75) is 56.5 Å². The Morgan fingerprint density at radius 2 is 1.71 bits per heavy atom. The Labute approximate surface area is 125 Å². The van der Waals surface area contributed by atoms with E-state index in [1.54, 1.807) is 0 Å². The number of esters is 1. The molecule has 0 rings (SSSR count). The molecule has 0 fully saturated rings. The number of unbranched alkanes of at least 4 members (excludes halogenated alkanes) is 5. The Morgan fingerprint density at radius 1 is 1.14 bits per heavy atom. The Kier molecular flexibility index (Phi) is 10.2. The number of carbonyl (C=O) groups excluding carboxylic acids is 1. The maximum Gasteiger partial charge on any atom is 0.327 e. The van der Waals surface area contributed by atoms with Crippen LogP contribution in [-0.2, 0) is 19.6 Å². The summed E-state index contributed by atoms with van der Waals surface area (Å²) < 4.78 is 35.7. The normalized spacial score (nSPS) is 13.1. The van der Waals surface area contributed by atoms with Crippen molar-refractivity contribution in [1.82, 2.24) is 0 Å². The first-order valence-electron chi connectivity index (χ1n) is 6.89. The predicted molar refractivity (Wildman–Crippen MR) is 77.0 cm³/mol. The Bertz CT molecular complexity index is 403. The van der Waals surface area contributed by atoms with Gasteiger partial charge in [-0.2, -0.15) is 8.42 Å². The Balaban J connectivity index is 4.15. The molecule has 0 aliphatic heterocycles. The maximum absolute atomic E-state index is 11.5. The summed E-state index contributed by atoms with van der Waals surface area (Å²) in [6, 6.07) is 0. The molecule has 0 aromatic heterocycles. The number of ether oxygens (including phenoxy) is 1. The van der Waals surface area contributed by atoms with Crippen LogP contribution in [0.5, 0.6) is 0 Å². The Morgan fingerprint density at radius 3 is 2.24 bits per heavy atom. The number of carbonyl (C=O) groups is 1. The lowest BCUT2D eigenvalue weighted by atomic mass is 10.1. The second-order valence-electron chi connectivity index (χ2n) is 4.75. The van der Waals surface area contributed by atoms with Crippen LogP contribution in [0.15, 0.2) is 12.7 Å². The van der Waals surface area contributed by atoms with E-state index in [1.807, 2.05) is 6.08 Å². The van der Waals surface area contributed by atoms with Gasteiger partial charge in [-0.25, -0.2) is 0 Å². The number of aliphatic hydroxyl groups is 2. The minimum Gasteiger partial charge on any atom is -0.459 e. The Hall–Kier alpha value is -0.960. The highest BCUT2D eigenvalue weighted by atomic mass is 32.2. The summed E-state index contributed by atoms with van der Waals surface area (Å²) in [7, 11) is -4.56. The summed E-state index contributed by atoms with van der Waals surface area (Å²) in [5.41, 5.74) is 0. The molecule has 0 aliphatic carbocycles. The number of hydrogen-bond donors (Lipinski definition) is 3. The first-order valence-corrected chi connectivity index (χ1v) is 8.39. The standard InChI is InChI=1S/C13H24O7S/c1-2-3-4-5-6-7-8-9-11(21(17,18)19)13(16)20-10-12(14)15/h2,11-12,14-15H,1,3-10H2,(H,17,18,19). The van der Waals surface area contributed by atoms with Crippen LogP contribution in [0.4, 0.5) is 0 Å². The summed E-state index contributed by atoms with van der Waals surface area (Å²) in [5.74, 6) is -1.17. The quantitative estimate of drug-likeness (QED) is 0.161. The first-order chi connectivity index (χ1) is 9.79. The second kappa shape index (κ2) is 10.7. The van der Waals surface area contributed by atoms with Gasteiger partial charge in [0.2, 0.25) is 0 Å². The van der Waals surface area contributed by atoms with Crippen LogP contribution in [0.1, 0.15) is 44.9 Å². The summed E-state index contributed by atoms with van der Waals surface area (Å²) in [6.45, 7) is 2.88. The lowest BCUT2D eigenvalue weighted by Gasteiger charge is -2.13. The average molecular weight is 324 g/mol. The van der Waals surface area contributed by atoms with E-state index in [1.165, 1.54) is 0 Å². The summed E-state index contributed by atoms with van der Waals surface area (Å²) >= 11 is 0. The molecule has 124 valence electrons. The van der Waals surface area contributed by atoms with Crippen molar-refractivity contribution in [1.29, 1.82) is 0 Å². The molecule has 0 aromatic rings. The molecule has 21 heavy (non-hydrogen) atoms. The molecule has 3 N–H and O–H groups in total. The number of allylic oxidation sites excluding steroid dienone is 1. The highest BCUT2D eigenvalue weighted by molar-refractivity contribution is 7.87. The van der Waals surface area contributed by atoms with E-state index in [2.05, 4.69) is 11.3 Å². The van der Waals surface area contributed by atoms with Crippen molar-refractivity contribution in [3.8, 4) is 0 Å². The van der Waals surface area contributed by atoms with Gasteiger partial charge in [-0.15, -0.1) is 6.58 Å². The molecule has 1 unspecified atom stereocenters. The summed E-state index contributed by atoms with van der Waals surface area (Å²) in [4.78, 5) is 11.5. The van der Waals surface area contributed by atoms with Gasteiger partial charge in [0, 0.05) is 0 Å². The van der Waals surface area contributed by atoms with Gasteiger partial charge in [0.05, 0.1) is 0 Å². The van der Waals surface area contributed by atoms with E-state index in [4.69, 9.17) is 14.8 Å². The molecule has 1 atom stereocenters. The molecule has 0 saturated carbocycles. The van der Waals surface area contributed by atoms with Gasteiger partial charge < -0.3 is 14.9 Å². The van der Waals surface area contributed by atoms with Crippen molar-refractivity contribution < 1.29 is 32.7 Å². The minimum absolute atomic E-state index is 0.0549. The van der Waals surface area contributed by atoms with Crippen molar-refractivity contribution in [2.24, 2.45) is 0 Å². The molecule has 7 nitrogen and oxygen atoms in total. The highest BCUT2D eigenvalue weighted by Crippen LogP contribution is 2.14. The van der Waals surface area contributed by atoms with Crippen molar-refractivity contribution >= 4 is 16.1 Å². The van der Waals surface area contributed by atoms with Gasteiger partial charge in [-0.05, 0) is 19.3 Å². The molecular formula is C13H24O7S. The average Bonchev–Trinajstić information content (AvgIpc) is 2.37. The van der Waals surface area contributed by atoms with Gasteiger partial charge in [-0.1, -0.05) is 31.8 Å². The fourth-order valence-corrected chi connectivity index (χ4v) is 2.56.